The molecule has 0 aliphatic rings. The number of fused-ring (bicyclic) bond motifs is 1. The number of hydrogen-bond acceptors (Lipinski definition) is 5. The summed E-state index contributed by atoms with van der Waals surface area (Å²) in [7, 11) is 1.83. The second kappa shape index (κ2) is 6.59. The Morgan fingerprint density at radius 2 is 1.93 bits per heavy atom. The van der Waals surface area contributed by atoms with E-state index in [1.54, 1.807) is 10.7 Å². The molecule has 0 fully saturated rings. The number of nitrogens with one attached hydrogen (secondary N) is 1. The van der Waals surface area contributed by atoms with E-state index >= 15 is 0 Å². The molecule has 6 nitrogen and oxygen atoms in total. The van der Waals surface area contributed by atoms with Crippen LogP contribution in [0.3, 0.4) is 0 Å². The number of carbonyl (C=O) groups is 1. The Labute approximate surface area is 160 Å². The van der Waals surface area contributed by atoms with Crippen LogP contribution in [0.15, 0.2) is 35.7 Å². The lowest BCUT2D eigenvalue weighted by atomic mass is 10.1. The molecule has 1 aromatic carbocycles. The van der Waals surface area contributed by atoms with Crippen LogP contribution >= 0.6 is 11.3 Å². The van der Waals surface area contributed by atoms with Crippen LogP contribution in [0.4, 0.5) is 5.13 Å². The van der Waals surface area contributed by atoms with E-state index in [2.05, 4.69) is 33.4 Å². The van der Waals surface area contributed by atoms with Gasteiger partial charge in [-0.1, -0.05) is 24.3 Å². The van der Waals surface area contributed by atoms with Gasteiger partial charge in [0.2, 0.25) is 0 Å². The fourth-order valence-corrected chi connectivity index (χ4v) is 3.93. The molecule has 27 heavy (non-hydrogen) atoms. The van der Waals surface area contributed by atoms with Crippen molar-refractivity contribution in [2.75, 3.05) is 5.32 Å². The van der Waals surface area contributed by atoms with E-state index in [1.807, 2.05) is 44.5 Å². The topological polar surface area (TPSA) is 72.7 Å². The maximum Gasteiger partial charge on any atom is 0.258 e. The van der Waals surface area contributed by atoms with Crippen LogP contribution in [0, 0.1) is 20.8 Å². The molecule has 0 aliphatic carbocycles. The predicted octanol–water partition coefficient (Wildman–Crippen LogP) is 4.27. The van der Waals surface area contributed by atoms with Crippen LogP contribution in [-0.4, -0.2) is 25.7 Å². The summed E-state index contributed by atoms with van der Waals surface area (Å²) in [5.41, 5.74) is 5.91. The maximum absolute atomic E-state index is 12.9. The molecule has 0 saturated carbocycles. The molecule has 0 aliphatic heterocycles. The summed E-state index contributed by atoms with van der Waals surface area (Å²) >= 11 is 1.42. The highest BCUT2D eigenvalue weighted by Crippen LogP contribution is 2.28. The van der Waals surface area contributed by atoms with Gasteiger partial charge in [-0.05, 0) is 32.4 Å². The van der Waals surface area contributed by atoms with E-state index in [9.17, 15) is 4.79 Å². The van der Waals surface area contributed by atoms with E-state index in [0.717, 1.165) is 33.6 Å². The number of nitrogens with zero attached hydrogens (tertiary/aromatic N) is 4. The van der Waals surface area contributed by atoms with Gasteiger partial charge < -0.3 is 0 Å². The molecule has 3 aromatic heterocycles. The van der Waals surface area contributed by atoms with E-state index in [-0.39, 0.29) is 5.91 Å². The lowest BCUT2D eigenvalue weighted by molar-refractivity contribution is 0.102. The Balaban J connectivity index is 1.68. The normalized spacial score (nSPS) is 11.1. The number of aromatic nitrogens is 4. The third kappa shape index (κ3) is 3.10. The zero-order valence-electron chi connectivity index (χ0n) is 15.6. The molecule has 0 unspecified atom stereocenters. The molecule has 1 amide bonds. The van der Waals surface area contributed by atoms with Crippen LogP contribution in [-0.2, 0) is 7.05 Å². The quantitative estimate of drug-likeness (QED) is 0.579. The average Bonchev–Trinajstić information content (AvgIpc) is 3.19. The molecule has 1 N–H and O–H groups in total. The maximum atomic E-state index is 12.9. The van der Waals surface area contributed by atoms with Crippen molar-refractivity contribution in [3.63, 3.8) is 0 Å². The first-order valence-electron chi connectivity index (χ1n) is 8.58. The summed E-state index contributed by atoms with van der Waals surface area (Å²) < 4.78 is 1.70. The lowest BCUT2D eigenvalue weighted by Crippen LogP contribution is -2.13. The number of hydrogen-bond donors (Lipinski definition) is 1. The van der Waals surface area contributed by atoms with Gasteiger partial charge in [0.1, 0.15) is 0 Å². The Hall–Kier alpha value is -3.06. The van der Waals surface area contributed by atoms with Crippen molar-refractivity contribution in [1.82, 2.24) is 19.7 Å². The van der Waals surface area contributed by atoms with Gasteiger partial charge in [-0.3, -0.25) is 14.8 Å². The molecular weight excluding hydrogens is 358 g/mol. The molecule has 136 valence electrons. The fourth-order valence-electron chi connectivity index (χ4n) is 3.23. The van der Waals surface area contributed by atoms with Crippen molar-refractivity contribution in [2.24, 2.45) is 7.05 Å². The van der Waals surface area contributed by atoms with Gasteiger partial charge in [-0.25, -0.2) is 9.97 Å². The molecule has 4 rings (SSSR count). The summed E-state index contributed by atoms with van der Waals surface area (Å²) in [6, 6.07) is 9.87. The van der Waals surface area contributed by atoms with Crippen molar-refractivity contribution >= 4 is 33.4 Å². The van der Waals surface area contributed by atoms with Crippen LogP contribution in [0.25, 0.3) is 22.3 Å². The standard InChI is InChI=1S/C20H19N5OS/c1-11-7-5-6-8-14(11)16-10-27-20(22-16)23-19(26)15-9-12(2)21-18-17(15)13(3)24-25(18)4/h5-10H,1-4H3,(H,22,23,26). The minimum Gasteiger partial charge on any atom is -0.298 e. The first kappa shape index (κ1) is 17.4. The molecule has 0 saturated heterocycles. The molecular formula is C20H19N5OS. The number of anilines is 1. The molecule has 0 bridgehead atoms. The third-order valence-corrected chi connectivity index (χ3v) is 5.24. The number of amides is 1. The number of pyridine rings is 1. The van der Waals surface area contributed by atoms with E-state index in [1.165, 1.54) is 11.3 Å². The van der Waals surface area contributed by atoms with E-state index in [4.69, 9.17) is 0 Å². The number of thiazole rings is 1. The summed E-state index contributed by atoms with van der Waals surface area (Å²) in [4.78, 5) is 22.0. The van der Waals surface area contributed by atoms with Crippen molar-refractivity contribution in [1.29, 1.82) is 0 Å². The second-order valence-electron chi connectivity index (χ2n) is 6.53. The third-order valence-electron chi connectivity index (χ3n) is 4.49. The van der Waals surface area contributed by atoms with E-state index in [0.29, 0.717) is 16.3 Å². The first-order chi connectivity index (χ1) is 12.9. The van der Waals surface area contributed by atoms with Crippen LogP contribution in [0.5, 0.6) is 0 Å². The van der Waals surface area contributed by atoms with Crippen LogP contribution < -0.4 is 5.32 Å². The summed E-state index contributed by atoms with van der Waals surface area (Å²) in [5, 5.41) is 10.6. The van der Waals surface area contributed by atoms with Crippen molar-refractivity contribution < 1.29 is 4.79 Å². The van der Waals surface area contributed by atoms with E-state index < -0.39 is 0 Å². The predicted molar refractivity (Wildman–Crippen MR) is 108 cm³/mol. The van der Waals surface area contributed by atoms with Crippen molar-refractivity contribution in [2.45, 2.75) is 20.8 Å². The largest absolute Gasteiger partial charge is 0.298 e. The van der Waals surface area contributed by atoms with Gasteiger partial charge in [0.25, 0.3) is 5.91 Å². The van der Waals surface area contributed by atoms with Gasteiger partial charge in [-0.15, -0.1) is 11.3 Å². The monoisotopic (exact) mass is 377 g/mol. The number of rotatable bonds is 3. The first-order valence-corrected chi connectivity index (χ1v) is 9.46. The Morgan fingerprint density at radius 3 is 2.70 bits per heavy atom. The number of benzene rings is 1. The molecule has 4 aromatic rings. The molecule has 7 heteroatoms. The SMILES string of the molecule is Cc1cc(C(=O)Nc2nc(-c3ccccc3C)cs2)c2c(C)nn(C)c2n1. The Morgan fingerprint density at radius 1 is 1.15 bits per heavy atom. The van der Waals surface area contributed by atoms with Gasteiger partial charge in [0.15, 0.2) is 10.8 Å². The highest BCUT2D eigenvalue weighted by atomic mass is 32.1. The van der Waals surface area contributed by atoms with Gasteiger partial charge >= 0.3 is 0 Å². The Kier molecular flexibility index (Phi) is 4.24. The minimum absolute atomic E-state index is 0.202. The minimum atomic E-state index is -0.202. The zero-order valence-corrected chi connectivity index (χ0v) is 16.4. The fraction of sp³-hybridized carbons (Fsp3) is 0.200. The molecule has 0 spiro atoms. The van der Waals surface area contributed by atoms with Crippen molar-refractivity contribution in [3.8, 4) is 11.3 Å². The highest BCUT2D eigenvalue weighted by molar-refractivity contribution is 7.14. The van der Waals surface area contributed by atoms with Crippen LogP contribution in [0.2, 0.25) is 0 Å². The van der Waals surface area contributed by atoms with Crippen LogP contribution in [0.1, 0.15) is 27.3 Å². The Bertz CT molecular complexity index is 1170. The number of aryl methyl sites for hydroxylation is 4. The lowest BCUT2D eigenvalue weighted by Gasteiger charge is -2.06. The molecule has 3 heterocycles. The zero-order chi connectivity index (χ0) is 19.1. The summed E-state index contributed by atoms with van der Waals surface area (Å²) in [5.74, 6) is -0.202. The average molecular weight is 377 g/mol. The highest BCUT2D eigenvalue weighted by Gasteiger charge is 2.19. The molecule has 0 radical (unpaired) electrons. The molecule has 0 atom stereocenters. The van der Waals surface area contributed by atoms with Gasteiger partial charge in [-0.2, -0.15) is 5.10 Å². The summed E-state index contributed by atoms with van der Waals surface area (Å²) in [6.07, 6.45) is 0. The van der Waals surface area contributed by atoms with Gasteiger partial charge in [0.05, 0.1) is 22.3 Å². The van der Waals surface area contributed by atoms with Crippen molar-refractivity contribution in [3.05, 3.63) is 58.2 Å². The van der Waals surface area contributed by atoms with Gasteiger partial charge in [0, 0.05) is 23.7 Å². The smallest absolute Gasteiger partial charge is 0.258 e. The second-order valence-corrected chi connectivity index (χ2v) is 7.38. The number of carbonyl (C=O) groups excluding carboxylic acids is 1. The summed E-state index contributed by atoms with van der Waals surface area (Å²) in [6.45, 7) is 5.81.